The lowest BCUT2D eigenvalue weighted by molar-refractivity contribution is 0.0364. The van der Waals surface area contributed by atoms with Crippen LogP contribution in [0.15, 0.2) is 29.9 Å². The fourth-order valence-electron chi connectivity index (χ4n) is 3.83. The summed E-state index contributed by atoms with van der Waals surface area (Å²) in [5.41, 5.74) is -0.145. The number of ether oxygens (including phenoxy) is 1. The minimum atomic E-state index is -0.145. The third kappa shape index (κ3) is 2.25. The molecule has 0 saturated carbocycles. The average Bonchev–Trinajstić information content (AvgIpc) is 3.34. The van der Waals surface area contributed by atoms with Crippen LogP contribution < -0.4 is 5.32 Å². The summed E-state index contributed by atoms with van der Waals surface area (Å²) < 4.78 is 7.93. The monoisotopic (exact) mass is 345 g/mol. The van der Waals surface area contributed by atoms with E-state index in [1.165, 1.54) is 19.3 Å². The molecule has 2 aromatic heterocycles. The molecule has 8 nitrogen and oxygen atoms in total. The number of anilines is 1. The Kier molecular flexibility index (Phi) is 3.04. The lowest BCUT2D eigenvalue weighted by atomic mass is 9.88. The van der Waals surface area contributed by atoms with E-state index in [9.17, 15) is 0 Å². The summed E-state index contributed by atoms with van der Waals surface area (Å²) in [6.07, 6.45) is 5.98. The maximum absolute atomic E-state index is 6.19. The number of halogens is 1. The van der Waals surface area contributed by atoms with E-state index in [2.05, 4.69) is 30.2 Å². The normalized spacial score (nSPS) is 30.6. The number of fused-ring (bicyclic) bond motifs is 3. The molecule has 0 amide bonds. The molecule has 0 aromatic carbocycles. The zero-order valence-electron chi connectivity index (χ0n) is 12.9. The van der Waals surface area contributed by atoms with Crippen molar-refractivity contribution in [3.63, 3.8) is 0 Å². The van der Waals surface area contributed by atoms with Gasteiger partial charge >= 0.3 is 0 Å². The molecule has 9 heteroatoms. The van der Waals surface area contributed by atoms with E-state index in [1.54, 1.807) is 23.2 Å². The zero-order chi connectivity index (χ0) is 16.1. The van der Waals surface area contributed by atoms with Crippen molar-refractivity contribution in [3.8, 4) is 5.82 Å². The van der Waals surface area contributed by atoms with Crippen LogP contribution in [0.4, 0.5) is 5.82 Å². The summed E-state index contributed by atoms with van der Waals surface area (Å²) in [5, 5.41) is 3.58. The highest BCUT2D eigenvalue weighted by atomic mass is 35.5. The van der Waals surface area contributed by atoms with Gasteiger partial charge in [0.15, 0.2) is 0 Å². The van der Waals surface area contributed by atoms with E-state index < -0.39 is 0 Å². The van der Waals surface area contributed by atoms with E-state index >= 15 is 0 Å². The second-order valence-electron chi connectivity index (χ2n) is 6.50. The Morgan fingerprint density at radius 2 is 2.29 bits per heavy atom. The van der Waals surface area contributed by atoms with Crippen LogP contribution in [0, 0.1) is 5.92 Å². The molecule has 0 radical (unpaired) electrons. The van der Waals surface area contributed by atoms with Gasteiger partial charge in [-0.15, -0.1) is 0 Å². The molecular formula is C15H16ClN7O. The largest absolute Gasteiger partial charge is 0.455 e. The molecule has 24 heavy (non-hydrogen) atoms. The van der Waals surface area contributed by atoms with E-state index in [-0.39, 0.29) is 5.60 Å². The summed E-state index contributed by atoms with van der Waals surface area (Å²) in [6, 6.07) is 2.34. The molecular weight excluding hydrogens is 330 g/mol. The van der Waals surface area contributed by atoms with Gasteiger partial charge in [-0.3, -0.25) is 14.8 Å². The van der Waals surface area contributed by atoms with E-state index in [1.807, 2.05) is 0 Å². The van der Waals surface area contributed by atoms with Crippen molar-refractivity contribution in [2.24, 2.45) is 10.9 Å². The lowest BCUT2D eigenvalue weighted by Gasteiger charge is -2.32. The molecule has 2 aromatic rings. The third-order valence-corrected chi connectivity index (χ3v) is 5.20. The molecule has 1 unspecified atom stereocenters. The highest BCUT2D eigenvalue weighted by molar-refractivity contribution is 6.29. The number of nitrogens with zero attached hydrogens (tertiary/aromatic N) is 6. The molecule has 5 heterocycles. The summed E-state index contributed by atoms with van der Waals surface area (Å²) >= 11 is 5.85. The molecule has 5 rings (SSSR count). The Bertz CT molecular complexity index is 822. The second kappa shape index (κ2) is 5.15. The van der Waals surface area contributed by atoms with Gasteiger partial charge in [0, 0.05) is 31.3 Å². The van der Waals surface area contributed by atoms with Gasteiger partial charge in [-0.05, 0) is 13.0 Å². The highest BCUT2D eigenvalue weighted by Crippen LogP contribution is 2.41. The number of aromatic nitrogens is 4. The van der Waals surface area contributed by atoms with Gasteiger partial charge in [0.25, 0.3) is 6.02 Å². The minimum Gasteiger partial charge on any atom is -0.455 e. The number of nitrogens with one attached hydrogen (secondary N) is 1. The van der Waals surface area contributed by atoms with Crippen LogP contribution in [0.5, 0.6) is 0 Å². The summed E-state index contributed by atoms with van der Waals surface area (Å²) in [5.74, 6) is 1.88. The van der Waals surface area contributed by atoms with Crippen molar-refractivity contribution < 1.29 is 4.74 Å². The first-order valence-electron chi connectivity index (χ1n) is 7.95. The van der Waals surface area contributed by atoms with Crippen LogP contribution in [0.1, 0.15) is 6.42 Å². The number of imidazole rings is 1. The maximum atomic E-state index is 6.19. The Morgan fingerprint density at radius 1 is 1.33 bits per heavy atom. The van der Waals surface area contributed by atoms with Crippen LogP contribution in [0.25, 0.3) is 5.82 Å². The van der Waals surface area contributed by atoms with Crippen LogP contribution in [0.3, 0.4) is 0 Å². The predicted molar refractivity (Wildman–Crippen MR) is 88.5 cm³/mol. The minimum absolute atomic E-state index is 0.145. The summed E-state index contributed by atoms with van der Waals surface area (Å²) in [6.45, 7) is 3.99. The van der Waals surface area contributed by atoms with Gasteiger partial charge in [0.2, 0.25) is 0 Å². The number of aliphatic imine (C=N–C) groups is 1. The van der Waals surface area contributed by atoms with Crippen molar-refractivity contribution in [1.82, 2.24) is 24.4 Å². The third-order valence-electron chi connectivity index (χ3n) is 5.00. The molecule has 3 atom stereocenters. The highest BCUT2D eigenvalue weighted by Gasteiger charge is 2.54. The van der Waals surface area contributed by atoms with Crippen LogP contribution >= 0.6 is 11.6 Å². The lowest BCUT2D eigenvalue weighted by Crippen LogP contribution is -2.46. The Labute approximate surface area is 143 Å². The fraction of sp³-hybridized carbons (Fsp3) is 0.467. The van der Waals surface area contributed by atoms with Gasteiger partial charge in [-0.2, -0.15) is 0 Å². The van der Waals surface area contributed by atoms with E-state index in [4.69, 9.17) is 16.3 Å². The molecule has 124 valence electrons. The number of piperidine rings is 1. The molecule has 2 bridgehead atoms. The maximum Gasteiger partial charge on any atom is 0.291 e. The standard InChI is InChI=1S/C15H16ClN7O/c16-11-5-23(9-20-11)13-3-12(18-8-19-13)21-14-17-6-15(24-14)7-22-2-1-10(15)4-22/h3,5,8-10H,1-2,4,6-7H2,(H,17,18,19,21)/t10-,15+/m1/s1. The zero-order valence-corrected chi connectivity index (χ0v) is 13.6. The van der Waals surface area contributed by atoms with Gasteiger partial charge in [-0.1, -0.05) is 11.6 Å². The first-order valence-corrected chi connectivity index (χ1v) is 8.33. The first kappa shape index (κ1) is 14.2. The summed E-state index contributed by atoms with van der Waals surface area (Å²) in [4.78, 5) is 19.5. The molecule has 3 aliphatic rings. The van der Waals surface area contributed by atoms with E-state index in [0.29, 0.717) is 35.3 Å². The van der Waals surface area contributed by atoms with Crippen molar-refractivity contribution in [2.45, 2.75) is 12.0 Å². The van der Waals surface area contributed by atoms with Gasteiger partial charge < -0.3 is 4.74 Å². The van der Waals surface area contributed by atoms with Crippen molar-refractivity contribution in [3.05, 3.63) is 30.1 Å². The van der Waals surface area contributed by atoms with Crippen molar-refractivity contribution >= 4 is 23.4 Å². The average molecular weight is 346 g/mol. The van der Waals surface area contributed by atoms with Gasteiger partial charge in [0.05, 0.1) is 6.54 Å². The van der Waals surface area contributed by atoms with Crippen LogP contribution in [-0.4, -0.2) is 62.2 Å². The molecule has 3 aliphatic heterocycles. The fourth-order valence-corrected chi connectivity index (χ4v) is 3.97. The first-order chi connectivity index (χ1) is 11.7. The van der Waals surface area contributed by atoms with Crippen LogP contribution in [-0.2, 0) is 4.74 Å². The molecule has 1 spiro atoms. The number of amidine groups is 1. The van der Waals surface area contributed by atoms with E-state index in [0.717, 1.165) is 13.1 Å². The predicted octanol–water partition coefficient (Wildman–Crippen LogP) is 1.19. The van der Waals surface area contributed by atoms with Crippen molar-refractivity contribution in [1.29, 1.82) is 0 Å². The van der Waals surface area contributed by atoms with Crippen molar-refractivity contribution in [2.75, 3.05) is 31.5 Å². The number of rotatable bonds is 2. The number of hydrogen-bond donors (Lipinski definition) is 1. The SMILES string of the molecule is Clc1cn(-c2cc(NC3=NC[C@@]4(CN5CC[C@@H]4C5)O3)ncn2)cn1. The van der Waals surface area contributed by atoms with Crippen LogP contribution in [0.2, 0.25) is 5.15 Å². The number of hydrogen-bond acceptors (Lipinski definition) is 7. The second-order valence-corrected chi connectivity index (χ2v) is 6.89. The van der Waals surface area contributed by atoms with Gasteiger partial charge in [-0.25, -0.2) is 19.9 Å². The smallest absolute Gasteiger partial charge is 0.291 e. The summed E-state index contributed by atoms with van der Waals surface area (Å²) in [7, 11) is 0. The molecule has 2 fully saturated rings. The van der Waals surface area contributed by atoms with Gasteiger partial charge in [0.1, 0.15) is 35.0 Å². The Hall–Kier alpha value is -2.19. The topological polar surface area (TPSA) is 80.5 Å². The Morgan fingerprint density at radius 3 is 3.04 bits per heavy atom. The molecule has 1 N–H and O–H groups in total. The quantitative estimate of drug-likeness (QED) is 0.880. The Balaban J connectivity index is 1.32. The molecule has 2 saturated heterocycles. The molecule has 0 aliphatic carbocycles.